The Morgan fingerprint density at radius 3 is 2.12 bits per heavy atom. The van der Waals surface area contributed by atoms with Gasteiger partial charge in [-0.25, -0.2) is 4.90 Å². The van der Waals surface area contributed by atoms with Gasteiger partial charge in [-0.1, -0.05) is 30.3 Å². The number of phenolic OH excluding ortho intramolecular Hbond substituents is 1. The first kappa shape index (κ1) is 29.2. The number of aliphatic hydroxyl groups is 1. The van der Waals surface area contributed by atoms with Crippen molar-refractivity contribution in [2.24, 2.45) is 17.8 Å². The average molecular weight is 605 g/mol. The zero-order valence-corrected chi connectivity index (χ0v) is 22.0. The van der Waals surface area contributed by atoms with E-state index in [0.717, 1.165) is 0 Å². The number of nitrogens with zero attached hydrogens (tertiary/aromatic N) is 1. The maximum absolute atomic E-state index is 13.8. The first-order valence-electron chi connectivity index (χ1n) is 13.2. The molecule has 2 heterocycles. The van der Waals surface area contributed by atoms with Gasteiger partial charge in [-0.15, -0.1) is 0 Å². The largest absolute Gasteiger partial charge is 0.507 e. The highest BCUT2D eigenvalue weighted by Crippen LogP contribution is 2.53. The number of benzene rings is 3. The van der Waals surface area contributed by atoms with Gasteiger partial charge in [0.15, 0.2) is 0 Å². The molecule has 2 saturated heterocycles. The fourth-order valence-corrected chi connectivity index (χ4v) is 6.67. The Morgan fingerprint density at radius 2 is 1.51 bits per heavy atom. The number of phenols is 1. The third-order valence-corrected chi connectivity index (χ3v) is 8.51. The molecule has 224 valence electrons. The van der Waals surface area contributed by atoms with E-state index in [4.69, 9.17) is 4.65 Å². The molecule has 0 unspecified atom stereocenters. The summed E-state index contributed by atoms with van der Waals surface area (Å²) in [5.41, 5.74) is -3.32. The molecule has 3 aliphatic rings. The number of carbonyl (C=O) groups excluding carboxylic acids is 2. The Bertz CT molecular complexity index is 1660. The van der Waals surface area contributed by atoms with E-state index in [0.29, 0.717) is 33.4 Å². The molecule has 0 bridgehead atoms. The van der Waals surface area contributed by atoms with Crippen LogP contribution in [0.25, 0.3) is 10.8 Å². The van der Waals surface area contributed by atoms with Gasteiger partial charge in [0.2, 0.25) is 11.8 Å². The van der Waals surface area contributed by atoms with E-state index < -0.39 is 78.6 Å². The summed E-state index contributed by atoms with van der Waals surface area (Å²) in [5.74, 6) is -5.40. The quantitative estimate of drug-likeness (QED) is 0.216. The minimum atomic E-state index is -5.20. The van der Waals surface area contributed by atoms with Gasteiger partial charge in [-0.05, 0) is 65.0 Å². The molecular weight excluding hydrogens is 583 g/mol. The van der Waals surface area contributed by atoms with E-state index in [9.17, 15) is 51.2 Å². The summed E-state index contributed by atoms with van der Waals surface area (Å²) < 4.78 is 87.3. The lowest BCUT2D eigenvalue weighted by molar-refractivity contribution is -0.143. The normalized spacial score (nSPS) is 24.6. The lowest BCUT2D eigenvalue weighted by Gasteiger charge is -2.42. The van der Waals surface area contributed by atoms with Crippen LogP contribution in [0.15, 0.2) is 65.6 Å². The van der Waals surface area contributed by atoms with Crippen molar-refractivity contribution < 1.29 is 55.8 Å². The molecule has 1 aliphatic carbocycles. The van der Waals surface area contributed by atoms with Crippen LogP contribution in [-0.2, 0) is 26.6 Å². The van der Waals surface area contributed by atoms with Gasteiger partial charge >= 0.3 is 19.5 Å². The van der Waals surface area contributed by atoms with Crippen LogP contribution in [0.4, 0.5) is 32.0 Å². The number of halogens is 6. The molecule has 0 spiro atoms. The number of hydrogen-bond donors (Lipinski definition) is 3. The first-order valence-corrected chi connectivity index (χ1v) is 13.2. The van der Waals surface area contributed by atoms with Crippen molar-refractivity contribution in [2.45, 2.75) is 31.3 Å². The number of hydrogen-bond acceptors (Lipinski definition) is 6. The molecule has 2 aliphatic heterocycles. The predicted octanol–water partition coefficient (Wildman–Crippen LogP) is 5.18. The van der Waals surface area contributed by atoms with Crippen LogP contribution >= 0.6 is 0 Å². The molecule has 2 amide bonds. The highest BCUT2D eigenvalue weighted by Gasteiger charge is 2.58. The summed E-state index contributed by atoms with van der Waals surface area (Å²) in [6.45, 7) is -0.620. The zero-order chi connectivity index (χ0) is 31.0. The van der Waals surface area contributed by atoms with E-state index in [2.05, 4.69) is 0 Å². The Hall–Kier alpha value is -3.88. The Labute approximate surface area is 240 Å². The van der Waals surface area contributed by atoms with Crippen LogP contribution in [-0.4, -0.2) is 40.8 Å². The summed E-state index contributed by atoms with van der Waals surface area (Å²) in [5, 5.41) is 32.5. The molecule has 14 heteroatoms. The number of allylic oxidation sites excluding steroid dienone is 1. The number of anilines is 1. The van der Waals surface area contributed by atoms with Crippen molar-refractivity contribution in [3.05, 3.63) is 82.3 Å². The van der Waals surface area contributed by atoms with Crippen LogP contribution < -0.4 is 4.90 Å². The molecule has 4 atom stereocenters. The van der Waals surface area contributed by atoms with Crippen LogP contribution in [0, 0.1) is 17.8 Å². The molecule has 0 radical (unpaired) electrons. The van der Waals surface area contributed by atoms with Crippen LogP contribution in [0.1, 0.15) is 35.6 Å². The van der Waals surface area contributed by atoms with Crippen LogP contribution in [0.5, 0.6) is 5.75 Å². The van der Waals surface area contributed by atoms with E-state index >= 15 is 0 Å². The maximum atomic E-state index is 13.8. The summed E-state index contributed by atoms with van der Waals surface area (Å²) in [7, 11) is -1.62. The predicted molar refractivity (Wildman–Crippen MR) is 140 cm³/mol. The lowest BCUT2D eigenvalue weighted by Crippen LogP contribution is -2.45. The Kier molecular flexibility index (Phi) is 6.86. The fourth-order valence-electron chi connectivity index (χ4n) is 6.67. The van der Waals surface area contributed by atoms with Crippen LogP contribution in [0.3, 0.4) is 0 Å². The van der Waals surface area contributed by atoms with Crippen molar-refractivity contribution in [1.82, 2.24) is 0 Å². The topological polar surface area (TPSA) is 107 Å². The minimum absolute atomic E-state index is 0.00488. The highest BCUT2D eigenvalue weighted by molar-refractivity contribution is 6.53. The molecule has 3 N–H and O–H groups in total. The van der Waals surface area contributed by atoms with E-state index in [-0.39, 0.29) is 35.7 Å². The fraction of sp³-hybridized carbons (Fsp3) is 0.310. The van der Waals surface area contributed by atoms with Crippen LogP contribution in [0.2, 0.25) is 0 Å². The molecule has 0 aromatic heterocycles. The number of carbonyl (C=O) groups is 2. The average Bonchev–Trinajstić information content (AvgIpc) is 3.20. The maximum Gasteiger partial charge on any atom is 0.487 e. The third kappa shape index (κ3) is 4.77. The SMILES string of the molecule is O=C1[C@H]2[C@H](CC(CO)=C3B(O)O[C@H](c4ccc(O)c5ccccc45)C[C@H]32)C(=O)N1c1cc(C(F)(F)F)cc(C(F)(F)F)c1. The highest BCUT2D eigenvalue weighted by atomic mass is 19.4. The molecule has 3 aromatic rings. The first-order chi connectivity index (χ1) is 20.2. The number of aliphatic hydroxyl groups excluding tert-OH is 1. The van der Waals surface area contributed by atoms with Crippen molar-refractivity contribution >= 4 is 35.4 Å². The second kappa shape index (κ2) is 10.1. The van der Waals surface area contributed by atoms with Gasteiger partial charge in [0.1, 0.15) is 5.75 Å². The second-order valence-electron chi connectivity index (χ2n) is 10.9. The van der Waals surface area contributed by atoms with E-state index in [1.807, 2.05) is 0 Å². The van der Waals surface area contributed by atoms with Gasteiger partial charge in [-0.3, -0.25) is 9.59 Å². The van der Waals surface area contributed by atoms with Gasteiger partial charge in [-0.2, -0.15) is 26.3 Å². The number of aromatic hydroxyl groups is 1. The van der Waals surface area contributed by atoms with E-state index in [1.165, 1.54) is 6.07 Å². The Balaban J connectivity index is 1.43. The van der Waals surface area contributed by atoms with Gasteiger partial charge < -0.3 is 19.9 Å². The summed E-state index contributed by atoms with van der Waals surface area (Å²) in [4.78, 5) is 27.8. The molecule has 2 fully saturated rings. The number of imide groups is 1. The second-order valence-corrected chi connectivity index (χ2v) is 10.9. The lowest BCUT2D eigenvalue weighted by atomic mass is 9.55. The number of alkyl halides is 6. The van der Waals surface area contributed by atoms with Crippen molar-refractivity contribution in [2.75, 3.05) is 11.5 Å². The van der Waals surface area contributed by atoms with Crippen molar-refractivity contribution in [1.29, 1.82) is 0 Å². The van der Waals surface area contributed by atoms with Gasteiger partial charge in [0.05, 0.1) is 41.4 Å². The summed E-state index contributed by atoms with van der Waals surface area (Å²) in [6.07, 6.45) is -11.5. The molecule has 3 aromatic carbocycles. The van der Waals surface area contributed by atoms with Gasteiger partial charge in [0.25, 0.3) is 0 Å². The standard InChI is InChI=1S/C29H22BF6NO6/c31-28(32,33)14-8-15(29(34,35)36)10-16(9-14)37-26(40)21-7-13(12-38)25-20(24(21)27(37)41)11-23(43-30(25)42)19-5-6-22(39)18-4-2-1-3-17(18)19/h1-6,8-10,20-21,23-24,38-39,42H,7,11-12H2/t20-,21-,23-,24+/m0/s1. The van der Waals surface area contributed by atoms with Gasteiger partial charge in [0, 0.05) is 5.39 Å². The minimum Gasteiger partial charge on any atom is -0.507 e. The monoisotopic (exact) mass is 605 g/mol. The third-order valence-electron chi connectivity index (χ3n) is 8.51. The number of fused-ring (bicyclic) bond motifs is 4. The number of amides is 2. The van der Waals surface area contributed by atoms with Crippen molar-refractivity contribution in [3.63, 3.8) is 0 Å². The summed E-state index contributed by atoms with van der Waals surface area (Å²) >= 11 is 0. The molecule has 6 rings (SSSR count). The zero-order valence-electron chi connectivity index (χ0n) is 22.0. The summed E-state index contributed by atoms with van der Waals surface area (Å²) in [6, 6.07) is 10.4. The van der Waals surface area contributed by atoms with E-state index in [1.54, 1.807) is 30.3 Å². The molecule has 0 saturated carbocycles. The molecular formula is C29H22BF6NO6. The smallest absolute Gasteiger partial charge is 0.487 e. The molecule has 7 nitrogen and oxygen atoms in total. The molecule has 43 heavy (non-hydrogen) atoms. The van der Waals surface area contributed by atoms with Crippen molar-refractivity contribution in [3.8, 4) is 5.75 Å². The number of rotatable bonds is 3. The Morgan fingerprint density at radius 1 is 0.884 bits per heavy atom.